The highest BCUT2D eigenvalue weighted by Gasteiger charge is 2.18. The molecule has 0 aliphatic carbocycles. The molecule has 0 N–H and O–H groups in total. The van der Waals surface area contributed by atoms with Crippen LogP contribution >= 0.6 is 0 Å². The summed E-state index contributed by atoms with van der Waals surface area (Å²) in [5.74, 6) is 2.21. The topological polar surface area (TPSA) is 52.3 Å². The number of aryl methyl sites for hydroxylation is 2. The maximum atomic E-state index is 12.5. The third kappa shape index (κ3) is 2.38. The lowest BCUT2D eigenvalue weighted by Gasteiger charge is -2.05. The van der Waals surface area contributed by atoms with E-state index in [0.717, 1.165) is 52.7 Å². The van der Waals surface area contributed by atoms with Crippen LogP contribution in [-0.2, 0) is 29.4 Å². The van der Waals surface area contributed by atoms with Crippen LogP contribution in [0.25, 0.3) is 0 Å². The number of rotatable bonds is 4. The number of ether oxygens (including phenoxy) is 1. The lowest BCUT2D eigenvalue weighted by atomic mass is 10.2. The first-order valence-corrected chi connectivity index (χ1v) is 8.09. The lowest BCUT2D eigenvalue weighted by molar-refractivity contribution is 0.356. The van der Waals surface area contributed by atoms with Crippen LogP contribution in [0.3, 0.4) is 0 Å². The summed E-state index contributed by atoms with van der Waals surface area (Å²) in [5, 5.41) is 3.96. The van der Waals surface area contributed by atoms with Gasteiger partial charge in [0.05, 0.1) is 28.9 Å². The molecule has 1 unspecified atom stereocenters. The van der Waals surface area contributed by atoms with Gasteiger partial charge in [-0.2, -0.15) is 0 Å². The van der Waals surface area contributed by atoms with Crippen LogP contribution in [0.5, 0.6) is 5.75 Å². The Labute approximate surface area is 120 Å². The number of nitrogens with zero attached hydrogens (tertiary/aromatic N) is 1. The van der Waals surface area contributed by atoms with Gasteiger partial charge in [0.2, 0.25) is 0 Å². The van der Waals surface area contributed by atoms with Crippen molar-refractivity contribution in [1.82, 2.24) is 5.16 Å². The van der Waals surface area contributed by atoms with Crippen molar-refractivity contribution >= 4 is 10.8 Å². The molecule has 1 aliphatic heterocycles. The number of benzene rings is 1. The number of hydrogen-bond acceptors (Lipinski definition) is 4. The predicted octanol–water partition coefficient (Wildman–Crippen LogP) is 2.79. The highest BCUT2D eigenvalue weighted by molar-refractivity contribution is 7.84. The van der Waals surface area contributed by atoms with Gasteiger partial charge in [-0.25, -0.2) is 0 Å². The van der Waals surface area contributed by atoms with Crippen molar-refractivity contribution in [3.63, 3.8) is 0 Å². The first-order valence-electron chi connectivity index (χ1n) is 6.77. The monoisotopic (exact) mass is 291 g/mol. The SMILES string of the molecule is CCc1onc(C)c1CS(=O)c1ccc2c(c1)CCO2. The fourth-order valence-corrected chi connectivity index (χ4v) is 3.71. The Kier molecular flexibility index (Phi) is 3.61. The van der Waals surface area contributed by atoms with E-state index < -0.39 is 10.8 Å². The van der Waals surface area contributed by atoms with Crippen LogP contribution in [-0.4, -0.2) is 16.0 Å². The van der Waals surface area contributed by atoms with Gasteiger partial charge < -0.3 is 9.26 Å². The van der Waals surface area contributed by atoms with E-state index in [0.29, 0.717) is 5.75 Å². The molecule has 0 saturated carbocycles. The Hall–Kier alpha value is -1.62. The van der Waals surface area contributed by atoms with E-state index in [-0.39, 0.29) is 0 Å². The summed E-state index contributed by atoms with van der Waals surface area (Å²) >= 11 is 0. The van der Waals surface area contributed by atoms with Crippen molar-refractivity contribution in [3.8, 4) is 5.75 Å². The molecule has 3 rings (SSSR count). The molecule has 0 amide bonds. The predicted molar refractivity (Wildman–Crippen MR) is 76.4 cm³/mol. The van der Waals surface area contributed by atoms with Crippen molar-refractivity contribution in [2.45, 2.75) is 37.3 Å². The van der Waals surface area contributed by atoms with Crippen molar-refractivity contribution in [1.29, 1.82) is 0 Å². The first kappa shape index (κ1) is 13.4. The molecule has 1 aromatic heterocycles. The smallest absolute Gasteiger partial charge is 0.140 e. The van der Waals surface area contributed by atoms with E-state index in [1.54, 1.807) is 0 Å². The van der Waals surface area contributed by atoms with Gasteiger partial charge in [0.15, 0.2) is 0 Å². The molecule has 0 saturated heterocycles. The maximum absolute atomic E-state index is 12.5. The van der Waals surface area contributed by atoms with Gasteiger partial charge in [-0.1, -0.05) is 12.1 Å². The Morgan fingerprint density at radius 2 is 2.25 bits per heavy atom. The molecule has 2 aromatic rings. The van der Waals surface area contributed by atoms with Gasteiger partial charge in [0.1, 0.15) is 11.5 Å². The van der Waals surface area contributed by atoms with Crippen molar-refractivity contribution in [3.05, 3.63) is 40.8 Å². The second-order valence-corrected chi connectivity index (χ2v) is 6.33. The normalized spacial score (nSPS) is 14.9. The van der Waals surface area contributed by atoms with Crippen molar-refractivity contribution in [2.75, 3.05) is 6.61 Å². The minimum atomic E-state index is -1.08. The maximum Gasteiger partial charge on any atom is 0.140 e. The zero-order chi connectivity index (χ0) is 14.1. The van der Waals surface area contributed by atoms with E-state index in [9.17, 15) is 4.21 Å². The van der Waals surface area contributed by atoms with Gasteiger partial charge in [-0.05, 0) is 30.7 Å². The van der Waals surface area contributed by atoms with Crippen molar-refractivity contribution in [2.24, 2.45) is 0 Å². The second-order valence-electron chi connectivity index (χ2n) is 4.88. The van der Waals surface area contributed by atoms with Gasteiger partial charge in [-0.3, -0.25) is 4.21 Å². The molecule has 106 valence electrons. The highest BCUT2D eigenvalue weighted by Crippen LogP contribution is 2.28. The van der Waals surface area contributed by atoms with Gasteiger partial charge in [-0.15, -0.1) is 0 Å². The second kappa shape index (κ2) is 5.40. The van der Waals surface area contributed by atoms with E-state index in [4.69, 9.17) is 9.26 Å². The zero-order valence-corrected chi connectivity index (χ0v) is 12.5. The summed E-state index contributed by atoms with van der Waals surface area (Å²) < 4.78 is 23.3. The minimum absolute atomic E-state index is 0.456. The number of fused-ring (bicyclic) bond motifs is 1. The Balaban J connectivity index is 1.84. The molecule has 5 heteroatoms. The average Bonchev–Trinajstić information content (AvgIpc) is 3.05. The summed E-state index contributed by atoms with van der Waals surface area (Å²) in [6.07, 6.45) is 1.66. The van der Waals surface area contributed by atoms with E-state index in [1.165, 1.54) is 0 Å². The molecule has 0 bridgehead atoms. The zero-order valence-electron chi connectivity index (χ0n) is 11.6. The van der Waals surface area contributed by atoms with Crippen molar-refractivity contribution < 1.29 is 13.5 Å². The molecule has 0 radical (unpaired) electrons. The number of hydrogen-bond donors (Lipinski definition) is 0. The van der Waals surface area contributed by atoms with Crippen LogP contribution in [0.4, 0.5) is 0 Å². The van der Waals surface area contributed by atoms with E-state index in [1.807, 2.05) is 32.0 Å². The molecule has 0 spiro atoms. The van der Waals surface area contributed by atoms with Crippen LogP contribution in [0, 0.1) is 6.92 Å². The van der Waals surface area contributed by atoms with Crippen LogP contribution < -0.4 is 4.74 Å². The first-order chi connectivity index (χ1) is 9.69. The molecule has 20 heavy (non-hydrogen) atoms. The lowest BCUT2D eigenvalue weighted by Crippen LogP contribution is -2.00. The van der Waals surface area contributed by atoms with Crippen LogP contribution in [0.2, 0.25) is 0 Å². The molecular formula is C15H17NO3S. The molecule has 2 heterocycles. The fourth-order valence-electron chi connectivity index (χ4n) is 2.42. The molecule has 4 nitrogen and oxygen atoms in total. The standard InChI is InChI=1S/C15H17NO3S/c1-3-14-13(10(2)16-19-14)9-20(17)12-4-5-15-11(8-12)6-7-18-15/h4-5,8H,3,6-7,9H2,1-2H3. The summed E-state index contributed by atoms with van der Waals surface area (Å²) in [6.45, 7) is 4.63. The highest BCUT2D eigenvalue weighted by atomic mass is 32.2. The molecular weight excluding hydrogens is 274 g/mol. The minimum Gasteiger partial charge on any atom is -0.493 e. The average molecular weight is 291 g/mol. The third-order valence-corrected chi connectivity index (χ3v) is 4.92. The van der Waals surface area contributed by atoms with Crippen LogP contribution in [0.15, 0.2) is 27.6 Å². The van der Waals surface area contributed by atoms with E-state index >= 15 is 0 Å². The Bertz CT molecular complexity index is 663. The molecule has 1 atom stereocenters. The molecule has 1 aliphatic rings. The van der Waals surface area contributed by atoms with Gasteiger partial charge in [0.25, 0.3) is 0 Å². The fraction of sp³-hybridized carbons (Fsp3) is 0.400. The van der Waals surface area contributed by atoms with Gasteiger partial charge >= 0.3 is 0 Å². The largest absolute Gasteiger partial charge is 0.493 e. The Morgan fingerprint density at radius 1 is 1.40 bits per heavy atom. The summed E-state index contributed by atoms with van der Waals surface area (Å²) in [7, 11) is -1.08. The quantitative estimate of drug-likeness (QED) is 0.869. The summed E-state index contributed by atoms with van der Waals surface area (Å²) in [5.41, 5.74) is 2.95. The number of aromatic nitrogens is 1. The van der Waals surface area contributed by atoms with Gasteiger partial charge in [0, 0.05) is 23.3 Å². The molecule has 0 fully saturated rings. The summed E-state index contributed by atoms with van der Waals surface area (Å²) in [6, 6.07) is 5.79. The van der Waals surface area contributed by atoms with Crippen LogP contribution in [0.1, 0.15) is 29.5 Å². The Morgan fingerprint density at radius 3 is 3.05 bits per heavy atom. The third-order valence-electron chi connectivity index (χ3n) is 3.59. The summed E-state index contributed by atoms with van der Waals surface area (Å²) in [4.78, 5) is 0.844. The molecule has 1 aromatic carbocycles. The van der Waals surface area contributed by atoms with E-state index in [2.05, 4.69) is 5.16 Å².